The first-order chi connectivity index (χ1) is 11.2. The molecule has 0 amide bonds. The van der Waals surface area contributed by atoms with E-state index < -0.39 is 0 Å². The smallest absolute Gasteiger partial charge is 0.195 e. The zero-order valence-electron chi connectivity index (χ0n) is 15.0. The number of hydrogen-bond donors (Lipinski definition) is 2. The second-order valence-electron chi connectivity index (χ2n) is 5.13. The van der Waals surface area contributed by atoms with Crippen LogP contribution >= 0.6 is 0 Å². The van der Waals surface area contributed by atoms with Crippen molar-refractivity contribution in [3.05, 3.63) is 18.2 Å². The number of methoxy groups -OCH3 is 2. The van der Waals surface area contributed by atoms with Gasteiger partial charge in [0.25, 0.3) is 0 Å². The van der Waals surface area contributed by atoms with Gasteiger partial charge in [-0.1, -0.05) is 13.8 Å². The zero-order chi connectivity index (χ0) is 17.1. The summed E-state index contributed by atoms with van der Waals surface area (Å²) in [7, 11) is 5.02. The fourth-order valence-electron chi connectivity index (χ4n) is 2.31. The molecule has 1 aromatic rings. The van der Waals surface area contributed by atoms with Gasteiger partial charge in [-0.3, -0.25) is 4.99 Å². The molecule has 0 atom stereocenters. The molecule has 6 nitrogen and oxygen atoms in total. The average molecular weight is 322 g/mol. The van der Waals surface area contributed by atoms with Crippen molar-refractivity contribution in [1.82, 2.24) is 10.2 Å². The SMILES string of the molecule is CCCN(CC)CCNC(=NC)Nc1ccc(OC)c(OC)c1. The molecule has 0 heterocycles. The van der Waals surface area contributed by atoms with E-state index in [1.807, 2.05) is 18.2 Å². The van der Waals surface area contributed by atoms with Crippen LogP contribution in [0.5, 0.6) is 11.5 Å². The van der Waals surface area contributed by atoms with Crippen molar-refractivity contribution in [2.75, 3.05) is 52.8 Å². The van der Waals surface area contributed by atoms with E-state index in [9.17, 15) is 0 Å². The van der Waals surface area contributed by atoms with Crippen molar-refractivity contribution in [1.29, 1.82) is 0 Å². The molecule has 1 aromatic carbocycles. The first kappa shape index (κ1) is 19.1. The summed E-state index contributed by atoms with van der Waals surface area (Å²) in [5.41, 5.74) is 0.900. The van der Waals surface area contributed by atoms with Crippen LogP contribution in [0, 0.1) is 0 Å². The Labute approximate surface area is 139 Å². The third-order valence-electron chi connectivity index (χ3n) is 3.58. The fraction of sp³-hybridized carbons (Fsp3) is 0.588. The summed E-state index contributed by atoms with van der Waals surface area (Å²) in [6.07, 6.45) is 1.17. The molecule has 0 saturated heterocycles. The first-order valence-electron chi connectivity index (χ1n) is 8.10. The highest BCUT2D eigenvalue weighted by Crippen LogP contribution is 2.29. The molecule has 0 spiro atoms. The highest BCUT2D eigenvalue weighted by Gasteiger charge is 2.06. The Bertz CT molecular complexity index is 491. The molecule has 2 N–H and O–H groups in total. The summed E-state index contributed by atoms with van der Waals surface area (Å²) in [6.45, 7) is 8.43. The second-order valence-corrected chi connectivity index (χ2v) is 5.13. The van der Waals surface area contributed by atoms with Crippen molar-refractivity contribution in [3.63, 3.8) is 0 Å². The van der Waals surface area contributed by atoms with Crippen LogP contribution in [0.15, 0.2) is 23.2 Å². The predicted molar refractivity (Wildman–Crippen MR) is 96.9 cm³/mol. The van der Waals surface area contributed by atoms with E-state index >= 15 is 0 Å². The third-order valence-corrected chi connectivity index (χ3v) is 3.58. The quantitative estimate of drug-likeness (QED) is 0.540. The lowest BCUT2D eigenvalue weighted by molar-refractivity contribution is 0.293. The number of nitrogens with one attached hydrogen (secondary N) is 2. The van der Waals surface area contributed by atoms with E-state index in [-0.39, 0.29) is 0 Å². The molecule has 0 saturated carbocycles. The van der Waals surface area contributed by atoms with Gasteiger partial charge in [0.05, 0.1) is 14.2 Å². The average Bonchev–Trinajstić information content (AvgIpc) is 2.59. The van der Waals surface area contributed by atoms with Crippen LogP contribution < -0.4 is 20.1 Å². The van der Waals surface area contributed by atoms with Crippen molar-refractivity contribution < 1.29 is 9.47 Å². The summed E-state index contributed by atoms with van der Waals surface area (Å²) >= 11 is 0. The standard InChI is InChI=1S/C17H30N4O2/c1-6-11-21(7-2)12-10-19-17(18-3)20-14-8-9-15(22-4)16(13-14)23-5/h8-9,13H,6-7,10-12H2,1-5H3,(H2,18,19,20). The number of benzene rings is 1. The van der Waals surface area contributed by atoms with Gasteiger partial charge in [-0.15, -0.1) is 0 Å². The molecule has 0 aliphatic carbocycles. The number of hydrogen-bond acceptors (Lipinski definition) is 4. The van der Waals surface area contributed by atoms with Crippen LogP contribution in [0.4, 0.5) is 5.69 Å². The molecule has 6 heteroatoms. The van der Waals surface area contributed by atoms with Gasteiger partial charge < -0.3 is 25.0 Å². The maximum atomic E-state index is 5.31. The molecule has 1 rings (SSSR count). The molecule has 0 unspecified atom stereocenters. The van der Waals surface area contributed by atoms with Gasteiger partial charge >= 0.3 is 0 Å². The predicted octanol–water partition coefficient (Wildman–Crippen LogP) is 2.42. The van der Waals surface area contributed by atoms with Crippen LogP contribution in [0.2, 0.25) is 0 Å². The molecular formula is C17H30N4O2. The number of likely N-dealkylation sites (N-methyl/N-ethyl adjacent to an activating group) is 1. The van der Waals surface area contributed by atoms with Gasteiger partial charge in [-0.2, -0.15) is 0 Å². The van der Waals surface area contributed by atoms with Gasteiger partial charge in [0.2, 0.25) is 0 Å². The van der Waals surface area contributed by atoms with Crippen LogP contribution in [0.3, 0.4) is 0 Å². The number of guanidine groups is 1. The summed E-state index contributed by atoms with van der Waals surface area (Å²) in [4.78, 5) is 6.67. The summed E-state index contributed by atoms with van der Waals surface area (Å²) < 4.78 is 10.6. The Morgan fingerprint density at radius 2 is 1.87 bits per heavy atom. The fourth-order valence-corrected chi connectivity index (χ4v) is 2.31. The normalized spacial score (nSPS) is 11.5. The summed E-state index contributed by atoms with van der Waals surface area (Å²) in [5, 5.41) is 6.60. The highest BCUT2D eigenvalue weighted by molar-refractivity contribution is 5.93. The minimum absolute atomic E-state index is 0.688. The van der Waals surface area contributed by atoms with E-state index in [1.165, 1.54) is 6.42 Å². The maximum absolute atomic E-state index is 5.31. The van der Waals surface area contributed by atoms with E-state index in [2.05, 4.69) is 34.4 Å². The van der Waals surface area contributed by atoms with Crippen molar-refractivity contribution in [3.8, 4) is 11.5 Å². The lowest BCUT2D eigenvalue weighted by Gasteiger charge is -2.20. The number of rotatable bonds is 9. The van der Waals surface area contributed by atoms with Crippen LogP contribution in [-0.4, -0.2) is 58.3 Å². The first-order valence-corrected chi connectivity index (χ1v) is 8.10. The minimum atomic E-state index is 0.688. The largest absolute Gasteiger partial charge is 0.493 e. The number of nitrogens with zero attached hydrogens (tertiary/aromatic N) is 2. The van der Waals surface area contributed by atoms with Gasteiger partial charge in [0.15, 0.2) is 17.5 Å². The monoisotopic (exact) mass is 322 g/mol. The lowest BCUT2D eigenvalue weighted by Crippen LogP contribution is -2.38. The Balaban J connectivity index is 2.56. The van der Waals surface area contributed by atoms with Gasteiger partial charge in [-0.25, -0.2) is 0 Å². The van der Waals surface area contributed by atoms with Crippen LogP contribution in [0.1, 0.15) is 20.3 Å². The minimum Gasteiger partial charge on any atom is -0.493 e. The topological polar surface area (TPSA) is 58.1 Å². The lowest BCUT2D eigenvalue weighted by atomic mass is 10.3. The van der Waals surface area contributed by atoms with Crippen LogP contribution in [-0.2, 0) is 0 Å². The molecule has 0 bridgehead atoms. The van der Waals surface area contributed by atoms with Gasteiger partial charge in [0, 0.05) is 31.9 Å². The Morgan fingerprint density at radius 3 is 2.43 bits per heavy atom. The Morgan fingerprint density at radius 1 is 1.13 bits per heavy atom. The van der Waals surface area contributed by atoms with E-state index in [0.29, 0.717) is 11.5 Å². The highest BCUT2D eigenvalue weighted by atomic mass is 16.5. The number of ether oxygens (including phenoxy) is 2. The summed E-state index contributed by atoms with van der Waals surface area (Å²) in [5.74, 6) is 2.14. The molecule has 130 valence electrons. The van der Waals surface area contributed by atoms with E-state index in [0.717, 1.165) is 37.8 Å². The van der Waals surface area contributed by atoms with Crippen LogP contribution in [0.25, 0.3) is 0 Å². The number of anilines is 1. The molecule has 0 aliphatic rings. The molecule has 0 fully saturated rings. The molecule has 0 radical (unpaired) electrons. The second kappa shape index (κ2) is 10.7. The third kappa shape index (κ3) is 6.36. The van der Waals surface area contributed by atoms with E-state index in [1.54, 1.807) is 21.3 Å². The summed E-state index contributed by atoms with van der Waals surface area (Å²) in [6, 6.07) is 5.69. The zero-order valence-corrected chi connectivity index (χ0v) is 15.0. The Kier molecular flexibility index (Phi) is 8.90. The maximum Gasteiger partial charge on any atom is 0.195 e. The van der Waals surface area contributed by atoms with Crippen molar-refractivity contribution >= 4 is 11.6 Å². The van der Waals surface area contributed by atoms with Crippen molar-refractivity contribution in [2.45, 2.75) is 20.3 Å². The molecule has 0 aromatic heterocycles. The van der Waals surface area contributed by atoms with E-state index in [4.69, 9.17) is 9.47 Å². The number of aliphatic imine (C=N–C) groups is 1. The van der Waals surface area contributed by atoms with Gasteiger partial charge in [0.1, 0.15) is 0 Å². The Hall–Kier alpha value is -1.95. The molecular weight excluding hydrogens is 292 g/mol. The van der Waals surface area contributed by atoms with Gasteiger partial charge in [-0.05, 0) is 31.6 Å². The van der Waals surface area contributed by atoms with Crippen molar-refractivity contribution in [2.24, 2.45) is 4.99 Å². The molecule has 0 aliphatic heterocycles. The molecule has 23 heavy (non-hydrogen) atoms.